The van der Waals surface area contributed by atoms with E-state index >= 15 is 0 Å². The Balaban J connectivity index is 1.79. The molecule has 3 nitrogen and oxygen atoms in total. The van der Waals surface area contributed by atoms with Crippen molar-refractivity contribution in [3.8, 4) is 0 Å². The molecule has 0 radical (unpaired) electrons. The average molecular weight is 251 g/mol. The second kappa shape index (κ2) is 6.39. The summed E-state index contributed by atoms with van der Waals surface area (Å²) in [6.07, 6.45) is 5.93. The van der Waals surface area contributed by atoms with Gasteiger partial charge in [0.25, 0.3) is 0 Å². The van der Waals surface area contributed by atoms with Crippen molar-refractivity contribution < 1.29 is 9.15 Å². The van der Waals surface area contributed by atoms with Crippen LogP contribution in [0.4, 0.5) is 0 Å². The third-order valence-electron chi connectivity index (χ3n) is 3.69. The Hall–Kier alpha value is -0.800. The zero-order chi connectivity index (χ0) is 13.0. The fourth-order valence-electron chi connectivity index (χ4n) is 3.01. The number of ether oxygens (including phenoxy) is 1. The molecule has 1 aliphatic rings. The lowest BCUT2D eigenvalue weighted by Gasteiger charge is -2.31. The van der Waals surface area contributed by atoms with Gasteiger partial charge in [-0.1, -0.05) is 13.8 Å². The Bertz CT molecular complexity index is 351. The van der Waals surface area contributed by atoms with Crippen molar-refractivity contribution in [2.24, 2.45) is 11.8 Å². The summed E-state index contributed by atoms with van der Waals surface area (Å²) in [6.45, 7) is 6.10. The maximum Gasteiger partial charge on any atom is 0.129 e. The molecule has 0 amide bonds. The number of nitrogens with one attached hydrogen (secondary N) is 1. The molecule has 1 saturated carbocycles. The monoisotopic (exact) mass is 251 g/mol. The molecule has 1 aliphatic carbocycles. The molecule has 1 heterocycles. The normalized spacial score (nSPS) is 28.5. The lowest BCUT2D eigenvalue weighted by molar-refractivity contribution is -0.0156. The van der Waals surface area contributed by atoms with Gasteiger partial charge in [-0.3, -0.25) is 0 Å². The van der Waals surface area contributed by atoms with E-state index in [0.29, 0.717) is 12.7 Å². The Labute approximate surface area is 110 Å². The minimum atomic E-state index is 0.404. The van der Waals surface area contributed by atoms with E-state index in [1.165, 1.54) is 24.8 Å². The van der Waals surface area contributed by atoms with Gasteiger partial charge < -0.3 is 14.5 Å². The van der Waals surface area contributed by atoms with Crippen molar-refractivity contribution in [2.75, 3.05) is 7.05 Å². The van der Waals surface area contributed by atoms with Crippen LogP contribution >= 0.6 is 0 Å². The third kappa shape index (κ3) is 3.85. The minimum Gasteiger partial charge on any atom is -0.467 e. The molecule has 2 unspecified atom stereocenters. The van der Waals surface area contributed by atoms with E-state index < -0.39 is 0 Å². The summed E-state index contributed by atoms with van der Waals surface area (Å²) in [7, 11) is 1.94. The topological polar surface area (TPSA) is 34.4 Å². The first-order valence-corrected chi connectivity index (χ1v) is 7.00. The van der Waals surface area contributed by atoms with Crippen molar-refractivity contribution in [1.29, 1.82) is 0 Å². The van der Waals surface area contributed by atoms with Crippen LogP contribution in [0.25, 0.3) is 0 Å². The van der Waals surface area contributed by atoms with Crippen LogP contribution in [-0.2, 0) is 17.9 Å². The van der Waals surface area contributed by atoms with Crippen LogP contribution in [0.15, 0.2) is 16.7 Å². The van der Waals surface area contributed by atoms with E-state index in [-0.39, 0.29) is 0 Å². The summed E-state index contributed by atoms with van der Waals surface area (Å²) in [5, 5.41) is 3.11. The van der Waals surface area contributed by atoms with Crippen molar-refractivity contribution in [1.82, 2.24) is 5.32 Å². The van der Waals surface area contributed by atoms with Gasteiger partial charge in [-0.25, -0.2) is 0 Å². The van der Waals surface area contributed by atoms with Crippen LogP contribution in [0.1, 0.15) is 44.4 Å². The summed E-state index contributed by atoms with van der Waals surface area (Å²) < 4.78 is 11.5. The summed E-state index contributed by atoms with van der Waals surface area (Å²) in [4.78, 5) is 0. The predicted molar refractivity (Wildman–Crippen MR) is 72.2 cm³/mol. The zero-order valence-electron chi connectivity index (χ0n) is 11.7. The first-order valence-electron chi connectivity index (χ1n) is 7.00. The summed E-state index contributed by atoms with van der Waals surface area (Å²) in [5.74, 6) is 2.51. The standard InChI is InChI=1S/C15H25NO2/c1-11-4-12(2)6-14(5-11)18-10-15-7-13(8-16-3)9-17-15/h7,9,11-12,14,16H,4-6,8,10H2,1-3H3. The average Bonchev–Trinajstić information content (AvgIpc) is 2.74. The largest absolute Gasteiger partial charge is 0.467 e. The van der Waals surface area contributed by atoms with Gasteiger partial charge in [0.1, 0.15) is 12.4 Å². The van der Waals surface area contributed by atoms with Gasteiger partial charge in [-0.15, -0.1) is 0 Å². The molecular weight excluding hydrogens is 226 g/mol. The van der Waals surface area contributed by atoms with E-state index in [9.17, 15) is 0 Å². The number of hydrogen-bond acceptors (Lipinski definition) is 3. The molecule has 2 rings (SSSR count). The van der Waals surface area contributed by atoms with Crippen LogP contribution in [0, 0.1) is 11.8 Å². The molecule has 3 heteroatoms. The summed E-state index contributed by atoms with van der Waals surface area (Å²) >= 11 is 0. The molecule has 0 bridgehead atoms. The number of furan rings is 1. The quantitative estimate of drug-likeness (QED) is 0.871. The molecule has 2 atom stereocenters. The summed E-state index contributed by atoms with van der Waals surface area (Å²) in [5.41, 5.74) is 1.18. The highest BCUT2D eigenvalue weighted by molar-refractivity contribution is 5.11. The predicted octanol–water partition coefficient (Wildman–Crippen LogP) is 3.34. The number of rotatable bonds is 5. The smallest absolute Gasteiger partial charge is 0.129 e. The van der Waals surface area contributed by atoms with Crippen LogP contribution < -0.4 is 5.32 Å². The summed E-state index contributed by atoms with van der Waals surface area (Å²) in [6, 6.07) is 2.08. The molecular formula is C15H25NO2. The van der Waals surface area contributed by atoms with E-state index in [1.807, 2.05) is 7.05 Å². The Morgan fingerprint density at radius 3 is 2.67 bits per heavy atom. The van der Waals surface area contributed by atoms with Crippen LogP contribution in [0.5, 0.6) is 0 Å². The van der Waals surface area contributed by atoms with Gasteiger partial charge in [0, 0.05) is 12.1 Å². The van der Waals surface area contributed by atoms with E-state index in [1.54, 1.807) is 6.26 Å². The van der Waals surface area contributed by atoms with Crippen molar-refractivity contribution in [3.63, 3.8) is 0 Å². The molecule has 1 aromatic rings. The molecule has 0 spiro atoms. The zero-order valence-corrected chi connectivity index (χ0v) is 11.7. The van der Waals surface area contributed by atoms with Crippen LogP contribution in [0.2, 0.25) is 0 Å². The Kier molecular flexibility index (Phi) is 4.84. The molecule has 1 aromatic heterocycles. The van der Waals surface area contributed by atoms with Crippen LogP contribution in [-0.4, -0.2) is 13.2 Å². The van der Waals surface area contributed by atoms with Gasteiger partial charge in [0.2, 0.25) is 0 Å². The minimum absolute atomic E-state index is 0.404. The first-order chi connectivity index (χ1) is 8.67. The molecule has 18 heavy (non-hydrogen) atoms. The highest BCUT2D eigenvalue weighted by atomic mass is 16.5. The van der Waals surface area contributed by atoms with Crippen molar-refractivity contribution >= 4 is 0 Å². The van der Waals surface area contributed by atoms with Gasteiger partial charge in [-0.2, -0.15) is 0 Å². The van der Waals surface area contributed by atoms with E-state index in [4.69, 9.17) is 9.15 Å². The first kappa shape index (κ1) is 13.6. The Morgan fingerprint density at radius 2 is 2.00 bits per heavy atom. The molecule has 1 fully saturated rings. The van der Waals surface area contributed by atoms with Gasteiger partial charge in [0.05, 0.1) is 12.4 Å². The van der Waals surface area contributed by atoms with E-state index in [0.717, 1.165) is 24.1 Å². The third-order valence-corrected chi connectivity index (χ3v) is 3.69. The molecule has 0 aromatic carbocycles. The van der Waals surface area contributed by atoms with Crippen molar-refractivity contribution in [2.45, 2.75) is 52.4 Å². The number of hydrogen-bond donors (Lipinski definition) is 1. The fraction of sp³-hybridized carbons (Fsp3) is 0.733. The highest BCUT2D eigenvalue weighted by Gasteiger charge is 2.24. The maximum atomic E-state index is 5.99. The second-order valence-electron chi connectivity index (χ2n) is 5.80. The second-order valence-corrected chi connectivity index (χ2v) is 5.80. The van der Waals surface area contributed by atoms with Gasteiger partial charge in [-0.05, 0) is 44.2 Å². The molecule has 0 saturated heterocycles. The van der Waals surface area contributed by atoms with Crippen LogP contribution in [0.3, 0.4) is 0 Å². The van der Waals surface area contributed by atoms with E-state index in [2.05, 4.69) is 25.2 Å². The molecule has 1 N–H and O–H groups in total. The fourth-order valence-corrected chi connectivity index (χ4v) is 3.01. The highest BCUT2D eigenvalue weighted by Crippen LogP contribution is 2.30. The SMILES string of the molecule is CNCc1coc(COC2CC(C)CC(C)C2)c1. The van der Waals surface area contributed by atoms with Crippen molar-refractivity contribution in [3.05, 3.63) is 23.7 Å². The van der Waals surface area contributed by atoms with Gasteiger partial charge in [0.15, 0.2) is 0 Å². The maximum absolute atomic E-state index is 5.99. The lowest BCUT2D eigenvalue weighted by atomic mass is 9.82. The molecule has 102 valence electrons. The molecule has 0 aliphatic heterocycles. The van der Waals surface area contributed by atoms with Gasteiger partial charge >= 0.3 is 0 Å². The lowest BCUT2D eigenvalue weighted by Crippen LogP contribution is -2.26. The Morgan fingerprint density at radius 1 is 1.28 bits per heavy atom.